The number of carboxylic acid groups (broad SMARTS) is 1. The van der Waals surface area contributed by atoms with Gasteiger partial charge in [0.25, 0.3) is 5.91 Å². The first-order valence-electron chi connectivity index (χ1n) is 10.5. The molecule has 0 radical (unpaired) electrons. The Hall–Kier alpha value is -3.10. The summed E-state index contributed by atoms with van der Waals surface area (Å²) < 4.78 is 31.7. The monoisotopic (exact) mass is 451 g/mol. The maximum absolute atomic E-state index is 12.0. The quantitative estimate of drug-likeness (QED) is 0.697. The largest absolute Gasteiger partial charge is 0.490 e. The second kappa shape index (κ2) is 11.5. The first kappa shape index (κ1) is 25.2. The third-order valence-electron chi connectivity index (χ3n) is 5.24. The van der Waals surface area contributed by atoms with Crippen molar-refractivity contribution >= 4 is 17.7 Å². The highest BCUT2D eigenvalue weighted by Crippen LogP contribution is 2.31. The van der Waals surface area contributed by atoms with Crippen LogP contribution in [0.15, 0.2) is 42.6 Å². The lowest BCUT2D eigenvalue weighted by Gasteiger charge is -2.33. The molecule has 0 unspecified atom stereocenters. The van der Waals surface area contributed by atoms with Crippen LogP contribution in [0.1, 0.15) is 53.6 Å². The number of benzene rings is 1. The van der Waals surface area contributed by atoms with Crippen molar-refractivity contribution in [2.45, 2.75) is 45.2 Å². The first-order chi connectivity index (χ1) is 15.1. The Balaban J connectivity index is 0.000000451. The summed E-state index contributed by atoms with van der Waals surface area (Å²) in [6, 6.07) is 12.5. The standard InChI is InChI=1S/C21H27N3O.C2HF3O2/c1-3-12-22-21(25)18-8-9-20(23-15-18)24-13-10-17(11-14-24)19-7-5-4-6-16(19)2;3-2(4,5)1(6)7/h4-9,15,17H,3,10-14H2,1-2H3,(H,22,25);(H,6,7). The van der Waals surface area contributed by atoms with Crippen LogP contribution in [0.4, 0.5) is 19.0 Å². The molecule has 2 aromatic rings. The second-order valence-electron chi connectivity index (χ2n) is 7.58. The highest BCUT2D eigenvalue weighted by atomic mass is 19.4. The van der Waals surface area contributed by atoms with Crippen LogP contribution >= 0.6 is 0 Å². The summed E-state index contributed by atoms with van der Waals surface area (Å²) in [6.45, 7) is 6.96. The number of nitrogens with one attached hydrogen (secondary N) is 1. The molecule has 1 aliphatic rings. The topological polar surface area (TPSA) is 82.5 Å². The number of anilines is 1. The molecular weight excluding hydrogens is 423 g/mol. The van der Waals surface area contributed by atoms with E-state index in [4.69, 9.17) is 9.90 Å². The van der Waals surface area contributed by atoms with Gasteiger partial charge in [0.05, 0.1) is 5.56 Å². The Morgan fingerprint density at radius 2 is 1.78 bits per heavy atom. The van der Waals surface area contributed by atoms with Crippen LogP contribution < -0.4 is 10.2 Å². The Morgan fingerprint density at radius 3 is 2.28 bits per heavy atom. The van der Waals surface area contributed by atoms with Gasteiger partial charge in [-0.2, -0.15) is 13.2 Å². The fourth-order valence-corrected chi connectivity index (χ4v) is 3.51. The predicted molar refractivity (Wildman–Crippen MR) is 116 cm³/mol. The van der Waals surface area contributed by atoms with Gasteiger partial charge in [-0.05, 0) is 55.4 Å². The number of halogens is 3. The molecule has 0 atom stereocenters. The summed E-state index contributed by atoms with van der Waals surface area (Å²) in [6.07, 6.45) is -0.169. The van der Waals surface area contributed by atoms with Crippen LogP contribution in [-0.4, -0.2) is 47.8 Å². The van der Waals surface area contributed by atoms with Crippen molar-refractivity contribution in [1.29, 1.82) is 0 Å². The average molecular weight is 451 g/mol. The summed E-state index contributed by atoms with van der Waals surface area (Å²) >= 11 is 0. The zero-order valence-corrected chi connectivity index (χ0v) is 18.2. The number of aryl methyl sites for hydroxylation is 1. The highest BCUT2D eigenvalue weighted by molar-refractivity contribution is 5.94. The van der Waals surface area contributed by atoms with Crippen LogP contribution in [0.25, 0.3) is 0 Å². The molecule has 174 valence electrons. The number of aromatic nitrogens is 1. The van der Waals surface area contributed by atoms with E-state index in [0.29, 0.717) is 18.0 Å². The van der Waals surface area contributed by atoms with Crippen LogP contribution in [0, 0.1) is 6.92 Å². The first-order valence-corrected chi connectivity index (χ1v) is 10.5. The zero-order chi connectivity index (χ0) is 23.7. The van der Waals surface area contributed by atoms with Crippen molar-refractivity contribution < 1.29 is 27.9 Å². The maximum Gasteiger partial charge on any atom is 0.490 e. The second-order valence-corrected chi connectivity index (χ2v) is 7.58. The van der Waals surface area contributed by atoms with Crippen molar-refractivity contribution in [3.8, 4) is 0 Å². The summed E-state index contributed by atoms with van der Waals surface area (Å²) in [5, 5.41) is 10.0. The maximum atomic E-state index is 12.0. The van der Waals surface area contributed by atoms with Crippen molar-refractivity contribution in [3.05, 3.63) is 59.3 Å². The number of rotatable bonds is 5. The summed E-state index contributed by atoms with van der Waals surface area (Å²) in [5.74, 6) is -1.20. The van der Waals surface area contributed by atoms with E-state index in [1.54, 1.807) is 6.20 Å². The van der Waals surface area contributed by atoms with Gasteiger partial charge in [-0.1, -0.05) is 31.2 Å². The van der Waals surface area contributed by atoms with Gasteiger partial charge in [-0.3, -0.25) is 4.79 Å². The molecule has 0 bridgehead atoms. The van der Waals surface area contributed by atoms with Gasteiger partial charge in [-0.25, -0.2) is 9.78 Å². The normalized spacial score (nSPS) is 14.3. The zero-order valence-electron chi connectivity index (χ0n) is 18.2. The highest BCUT2D eigenvalue weighted by Gasteiger charge is 2.38. The number of aliphatic carboxylic acids is 1. The molecule has 0 spiro atoms. The van der Waals surface area contributed by atoms with Crippen molar-refractivity contribution in [2.24, 2.45) is 0 Å². The van der Waals surface area contributed by atoms with Gasteiger partial charge >= 0.3 is 12.1 Å². The van der Waals surface area contributed by atoms with E-state index in [9.17, 15) is 18.0 Å². The van der Waals surface area contributed by atoms with Crippen LogP contribution in [0.2, 0.25) is 0 Å². The molecule has 1 aromatic carbocycles. The Labute approximate surface area is 185 Å². The smallest absolute Gasteiger partial charge is 0.475 e. The third-order valence-corrected chi connectivity index (χ3v) is 5.24. The number of pyridine rings is 1. The molecule has 3 rings (SSSR count). The molecule has 1 fully saturated rings. The Bertz CT molecular complexity index is 893. The molecule has 0 aliphatic carbocycles. The van der Waals surface area contributed by atoms with Crippen molar-refractivity contribution in [2.75, 3.05) is 24.5 Å². The SMILES string of the molecule is CCCNC(=O)c1ccc(N2CCC(c3ccccc3C)CC2)nc1.O=C(O)C(F)(F)F. The van der Waals surface area contributed by atoms with Crippen LogP contribution in [0.5, 0.6) is 0 Å². The summed E-state index contributed by atoms with van der Waals surface area (Å²) in [5.41, 5.74) is 3.51. The Kier molecular flexibility index (Phi) is 9.04. The molecule has 0 saturated carbocycles. The number of amides is 1. The van der Waals surface area contributed by atoms with Crippen molar-refractivity contribution in [1.82, 2.24) is 10.3 Å². The fourth-order valence-electron chi connectivity index (χ4n) is 3.51. The van der Waals surface area contributed by atoms with Crippen molar-refractivity contribution in [3.63, 3.8) is 0 Å². The van der Waals surface area contributed by atoms with Gasteiger partial charge in [-0.15, -0.1) is 0 Å². The molecule has 1 saturated heterocycles. The minimum Gasteiger partial charge on any atom is -0.475 e. The molecule has 32 heavy (non-hydrogen) atoms. The lowest BCUT2D eigenvalue weighted by atomic mass is 9.87. The van der Waals surface area contributed by atoms with E-state index in [2.05, 4.69) is 46.4 Å². The number of piperidine rings is 1. The van der Waals surface area contributed by atoms with Crippen LogP contribution in [-0.2, 0) is 4.79 Å². The number of nitrogens with zero attached hydrogens (tertiary/aromatic N) is 2. The van der Waals surface area contributed by atoms with E-state index in [1.807, 2.05) is 19.1 Å². The van der Waals surface area contributed by atoms with Gasteiger partial charge < -0.3 is 15.3 Å². The third kappa shape index (κ3) is 7.25. The van der Waals surface area contributed by atoms with Gasteiger partial charge in [0.2, 0.25) is 0 Å². The van der Waals surface area contributed by atoms with Crippen LogP contribution in [0.3, 0.4) is 0 Å². The average Bonchev–Trinajstić information content (AvgIpc) is 2.78. The number of hydrogen-bond acceptors (Lipinski definition) is 4. The molecule has 1 amide bonds. The van der Waals surface area contributed by atoms with E-state index in [1.165, 1.54) is 11.1 Å². The van der Waals surface area contributed by atoms with Gasteiger partial charge in [0.1, 0.15) is 5.82 Å². The predicted octanol–water partition coefficient (Wildman–Crippen LogP) is 4.55. The molecule has 2 heterocycles. The summed E-state index contributed by atoms with van der Waals surface area (Å²) in [7, 11) is 0. The van der Waals surface area contributed by atoms with E-state index >= 15 is 0 Å². The summed E-state index contributed by atoms with van der Waals surface area (Å²) in [4.78, 5) is 27.7. The number of carboxylic acids is 1. The van der Waals surface area contributed by atoms with E-state index in [0.717, 1.165) is 38.2 Å². The van der Waals surface area contributed by atoms with Gasteiger partial charge in [0.15, 0.2) is 0 Å². The minimum atomic E-state index is -5.08. The number of carbonyl (C=O) groups is 2. The number of alkyl halides is 3. The van der Waals surface area contributed by atoms with Gasteiger partial charge in [0, 0.05) is 25.8 Å². The molecule has 1 aliphatic heterocycles. The van der Waals surface area contributed by atoms with E-state index < -0.39 is 12.1 Å². The van der Waals surface area contributed by atoms with E-state index in [-0.39, 0.29) is 5.91 Å². The molecular formula is C23H28F3N3O3. The Morgan fingerprint density at radius 1 is 1.16 bits per heavy atom. The number of carbonyl (C=O) groups excluding carboxylic acids is 1. The molecule has 6 nitrogen and oxygen atoms in total. The lowest BCUT2D eigenvalue weighted by Crippen LogP contribution is -2.33. The lowest BCUT2D eigenvalue weighted by molar-refractivity contribution is -0.192. The minimum absolute atomic E-state index is 0.0424. The molecule has 1 aromatic heterocycles. The fraction of sp³-hybridized carbons (Fsp3) is 0.435. The molecule has 2 N–H and O–H groups in total. The number of hydrogen-bond donors (Lipinski definition) is 2. The molecule has 9 heteroatoms.